The van der Waals surface area contributed by atoms with Crippen molar-refractivity contribution < 1.29 is 9.90 Å². The number of amides is 1. The number of aliphatic hydroxyl groups is 1. The second-order valence-corrected chi connectivity index (χ2v) is 5.79. The molecule has 1 amide bonds. The van der Waals surface area contributed by atoms with Gasteiger partial charge in [0.15, 0.2) is 0 Å². The predicted molar refractivity (Wildman–Crippen MR) is 86.2 cm³/mol. The molecule has 0 radical (unpaired) electrons. The summed E-state index contributed by atoms with van der Waals surface area (Å²) in [5.41, 5.74) is 0.920. The van der Waals surface area contributed by atoms with Crippen LogP contribution in [0.1, 0.15) is 18.0 Å². The minimum atomic E-state index is -0.333. The molecule has 2 aromatic rings. The van der Waals surface area contributed by atoms with Crippen LogP contribution < -0.4 is 5.32 Å². The Hall–Kier alpha value is -1.78. The Labute approximate surface area is 129 Å². The molecule has 1 atom stereocenters. The Bertz CT molecular complexity index is 545. The molecule has 0 aliphatic heterocycles. The summed E-state index contributed by atoms with van der Waals surface area (Å²) in [5, 5.41) is 12.3. The molecule has 0 fully saturated rings. The standard InChI is InChI=1S/C17H19NO2S/c19-13-16(14-7-3-1-4-8-14)18-17(20)11-12-21-15-9-5-2-6-10-15/h1-10,16,19H,11-13H2,(H,18,20). The molecule has 0 bridgehead atoms. The average Bonchev–Trinajstić information content (AvgIpc) is 2.54. The normalized spacial score (nSPS) is 11.9. The lowest BCUT2D eigenvalue weighted by molar-refractivity contribution is -0.121. The van der Waals surface area contributed by atoms with E-state index in [9.17, 15) is 9.90 Å². The first kappa shape index (κ1) is 15.6. The summed E-state index contributed by atoms with van der Waals surface area (Å²) < 4.78 is 0. The lowest BCUT2D eigenvalue weighted by atomic mass is 10.1. The molecule has 0 aliphatic carbocycles. The molecule has 21 heavy (non-hydrogen) atoms. The van der Waals surface area contributed by atoms with E-state index >= 15 is 0 Å². The van der Waals surface area contributed by atoms with Gasteiger partial charge in [0.25, 0.3) is 0 Å². The van der Waals surface area contributed by atoms with Crippen LogP contribution >= 0.6 is 11.8 Å². The van der Waals surface area contributed by atoms with E-state index < -0.39 is 0 Å². The maximum atomic E-state index is 11.9. The summed E-state index contributed by atoms with van der Waals surface area (Å²) in [5.74, 6) is 0.685. The van der Waals surface area contributed by atoms with Gasteiger partial charge in [0, 0.05) is 17.1 Å². The van der Waals surface area contributed by atoms with Crippen LogP contribution in [0.4, 0.5) is 0 Å². The van der Waals surface area contributed by atoms with E-state index in [1.807, 2.05) is 60.7 Å². The molecule has 0 spiro atoms. The highest BCUT2D eigenvalue weighted by atomic mass is 32.2. The van der Waals surface area contributed by atoms with Gasteiger partial charge in [-0.25, -0.2) is 0 Å². The van der Waals surface area contributed by atoms with E-state index in [-0.39, 0.29) is 18.6 Å². The number of carbonyl (C=O) groups excluding carboxylic acids is 1. The molecule has 0 heterocycles. The zero-order chi connectivity index (χ0) is 14.9. The number of aliphatic hydroxyl groups excluding tert-OH is 1. The van der Waals surface area contributed by atoms with E-state index in [1.165, 1.54) is 0 Å². The molecule has 2 rings (SSSR count). The number of rotatable bonds is 7. The Morgan fingerprint density at radius 3 is 2.29 bits per heavy atom. The van der Waals surface area contributed by atoms with Crippen molar-refractivity contribution in [2.75, 3.05) is 12.4 Å². The summed E-state index contributed by atoms with van der Waals surface area (Å²) in [6, 6.07) is 19.2. The van der Waals surface area contributed by atoms with Gasteiger partial charge in [0.1, 0.15) is 0 Å². The lowest BCUT2D eigenvalue weighted by Crippen LogP contribution is -2.30. The lowest BCUT2D eigenvalue weighted by Gasteiger charge is -2.16. The van der Waals surface area contributed by atoms with E-state index in [2.05, 4.69) is 5.32 Å². The second kappa shape index (κ2) is 8.49. The maximum absolute atomic E-state index is 11.9. The molecule has 0 saturated heterocycles. The Balaban J connectivity index is 1.78. The fourth-order valence-electron chi connectivity index (χ4n) is 1.96. The van der Waals surface area contributed by atoms with Crippen molar-refractivity contribution in [2.45, 2.75) is 17.4 Å². The summed E-state index contributed by atoms with van der Waals surface area (Å²) in [6.45, 7) is -0.0957. The molecule has 2 aromatic carbocycles. The van der Waals surface area contributed by atoms with Gasteiger partial charge in [-0.3, -0.25) is 4.79 Å². The first-order valence-corrected chi connectivity index (χ1v) is 7.91. The zero-order valence-corrected chi connectivity index (χ0v) is 12.6. The molecule has 1 unspecified atom stereocenters. The predicted octanol–water partition coefficient (Wildman–Crippen LogP) is 3.02. The first-order chi connectivity index (χ1) is 10.3. The molecular formula is C17H19NO2S. The fourth-order valence-corrected chi connectivity index (χ4v) is 2.84. The monoisotopic (exact) mass is 301 g/mol. The van der Waals surface area contributed by atoms with E-state index in [0.717, 1.165) is 16.2 Å². The Morgan fingerprint density at radius 2 is 1.67 bits per heavy atom. The number of carbonyl (C=O) groups is 1. The summed E-state index contributed by atoms with van der Waals surface area (Å²) in [7, 11) is 0. The number of thioether (sulfide) groups is 1. The number of benzene rings is 2. The van der Waals surface area contributed by atoms with Crippen molar-refractivity contribution in [2.24, 2.45) is 0 Å². The third kappa shape index (κ3) is 5.25. The molecule has 2 N–H and O–H groups in total. The van der Waals surface area contributed by atoms with Crippen molar-refractivity contribution in [3.8, 4) is 0 Å². The Morgan fingerprint density at radius 1 is 1.05 bits per heavy atom. The van der Waals surface area contributed by atoms with Crippen LogP contribution in [-0.4, -0.2) is 23.4 Å². The van der Waals surface area contributed by atoms with Gasteiger partial charge in [-0.05, 0) is 17.7 Å². The SMILES string of the molecule is O=C(CCSc1ccccc1)NC(CO)c1ccccc1. The van der Waals surface area contributed by atoms with Crippen LogP contribution in [0, 0.1) is 0 Å². The first-order valence-electron chi connectivity index (χ1n) is 6.92. The number of hydrogen-bond acceptors (Lipinski definition) is 3. The van der Waals surface area contributed by atoms with E-state index in [4.69, 9.17) is 0 Å². The van der Waals surface area contributed by atoms with Crippen molar-refractivity contribution in [3.05, 3.63) is 66.2 Å². The van der Waals surface area contributed by atoms with Crippen molar-refractivity contribution in [3.63, 3.8) is 0 Å². The third-order valence-corrected chi connectivity index (χ3v) is 4.07. The van der Waals surface area contributed by atoms with E-state index in [1.54, 1.807) is 11.8 Å². The molecule has 0 saturated carbocycles. The highest BCUT2D eigenvalue weighted by Gasteiger charge is 2.12. The average molecular weight is 301 g/mol. The molecule has 110 valence electrons. The highest BCUT2D eigenvalue weighted by Crippen LogP contribution is 2.18. The van der Waals surface area contributed by atoms with Gasteiger partial charge in [0.2, 0.25) is 5.91 Å². The largest absolute Gasteiger partial charge is 0.394 e. The molecule has 3 nitrogen and oxygen atoms in total. The minimum absolute atomic E-state index is 0.0404. The summed E-state index contributed by atoms with van der Waals surface area (Å²) >= 11 is 1.66. The highest BCUT2D eigenvalue weighted by molar-refractivity contribution is 7.99. The van der Waals surface area contributed by atoms with Crippen LogP contribution in [0.2, 0.25) is 0 Å². The van der Waals surface area contributed by atoms with Gasteiger partial charge in [-0.15, -0.1) is 11.8 Å². The van der Waals surface area contributed by atoms with Gasteiger partial charge >= 0.3 is 0 Å². The fraction of sp³-hybridized carbons (Fsp3) is 0.235. The van der Waals surface area contributed by atoms with Crippen molar-refractivity contribution in [1.82, 2.24) is 5.32 Å². The van der Waals surface area contributed by atoms with Crippen LogP contribution in [0.15, 0.2) is 65.6 Å². The Kier molecular flexibility index (Phi) is 6.31. The second-order valence-electron chi connectivity index (χ2n) is 4.62. The van der Waals surface area contributed by atoms with Crippen molar-refractivity contribution in [1.29, 1.82) is 0 Å². The summed E-state index contributed by atoms with van der Waals surface area (Å²) in [6.07, 6.45) is 0.433. The van der Waals surface area contributed by atoms with Crippen LogP contribution in [0.25, 0.3) is 0 Å². The third-order valence-electron chi connectivity index (χ3n) is 3.06. The maximum Gasteiger partial charge on any atom is 0.221 e. The van der Waals surface area contributed by atoms with E-state index in [0.29, 0.717) is 6.42 Å². The summed E-state index contributed by atoms with van der Waals surface area (Å²) in [4.78, 5) is 13.1. The molecule has 0 aliphatic rings. The van der Waals surface area contributed by atoms with Gasteiger partial charge in [-0.1, -0.05) is 48.5 Å². The number of nitrogens with one attached hydrogen (secondary N) is 1. The molecule has 0 aromatic heterocycles. The van der Waals surface area contributed by atoms with Gasteiger partial charge < -0.3 is 10.4 Å². The molecule has 4 heteroatoms. The topological polar surface area (TPSA) is 49.3 Å². The van der Waals surface area contributed by atoms with Crippen molar-refractivity contribution >= 4 is 17.7 Å². The van der Waals surface area contributed by atoms with Gasteiger partial charge in [0.05, 0.1) is 12.6 Å². The van der Waals surface area contributed by atoms with Crippen LogP contribution in [0.3, 0.4) is 0 Å². The minimum Gasteiger partial charge on any atom is -0.394 e. The molecular weight excluding hydrogens is 282 g/mol. The zero-order valence-electron chi connectivity index (χ0n) is 11.7. The van der Waals surface area contributed by atoms with Crippen LogP contribution in [-0.2, 0) is 4.79 Å². The van der Waals surface area contributed by atoms with Crippen LogP contribution in [0.5, 0.6) is 0 Å². The smallest absolute Gasteiger partial charge is 0.221 e. The quantitative estimate of drug-likeness (QED) is 0.773. The van der Waals surface area contributed by atoms with Gasteiger partial charge in [-0.2, -0.15) is 0 Å². The number of hydrogen-bond donors (Lipinski definition) is 2.